The zero-order chi connectivity index (χ0) is 16.9. The van der Waals surface area contributed by atoms with Gasteiger partial charge in [-0.05, 0) is 38.2 Å². The lowest BCUT2D eigenvalue weighted by molar-refractivity contribution is 0.148. The van der Waals surface area contributed by atoms with E-state index in [1.807, 2.05) is 6.07 Å². The molecule has 7 nitrogen and oxygen atoms in total. The second-order valence-corrected chi connectivity index (χ2v) is 7.89. The zero-order valence-corrected chi connectivity index (χ0v) is 14.3. The molecule has 132 valence electrons. The van der Waals surface area contributed by atoms with Crippen LogP contribution in [0.5, 0.6) is 0 Å². The molecule has 0 radical (unpaired) electrons. The Kier molecular flexibility index (Phi) is 3.45. The van der Waals surface area contributed by atoms with Gasteiger partial charge in [-0.2, -0.15) is 10.1 Å². The Morgan fingerprint density at radius 3 is 3.00 bits per heavy atom. The highest BCUT2D eigenvalue weighted by molar-refractivity contribution is 5.54. The van der Waals surface area contributed by atoms with Gasteiger partial charge in [0.2, 0.25) is 5.95 Å². The molecule has 3 N–H and O–H groups in total. The smallest absolute Gasteiger partial charge is 0.227 e. The van der Waals surface area contributed by atoms with Gasteiger partial charge in [-0.1, -0.05) is 6.42 Å². The molecule has 2 aromatic heterocycles. The Bertz CT molecular complexity index is 772. The molecule has 2 unspecified atom stereocenters. The van der Waals surface area contributed by atoms with Gasteiger partial charge in [-0.15, -0.1) is 0 Å². The van der Waals surface area contributed by atoms with E-state index in [9.17, 15) is 5.11 Å². The minimum Gasteiger partial charge on any atom is -0.396 e. The number of H-pyrrole nitrogens is 1. The van der Waals surface area contributed by atoms with Crippen molar-refractivity contribution < 1.29 is 5.11 Å². The van der Waals surface area contributed by atoms with Crippen LogP contribution in [0.1, 0.15) is 50.1 Å². The number of aromatic nitrogens is 4. The van der Waals surface area contributed by atoms with Crippen molar-refractivity contribution in [2.45, 2.75) is 50.5 Å². The van der Waals surface area contributed by atoms with Gasteiger partial charge >= 0.3 is 0 Å². The molecule has 1 aliphatic heterocycles. The summed E-state index contributed by atoms with van der Waals surface area (Å²) in [6.07, 6.45) is 8.89. The molecular weight excluding hydrogens is 316 g/mol. The quantitative estimate of drug-likeness (QED) is 0.775. The summed E-state index contributed by atoms with van der Waals surface area (Å²) in [6, 6.07) is 4.42. The minimum absolute atomic E-state index is 0.0529. The number of aliphatic hydroxyl groups excluding tert-OH is 1. The summed E-state index contributed by atoms with van der Waals surface area (Å²) in [7, 11) is 0. The second kappa shape index (κ2) is 5.69. The molecule has 1 saturated heterocycles. The van der Waals surface area contributed by atoms with Gasteiger partial charge in [0.05, 0.1) is 6.61 Å². The van der Waals surface area contributed by atoms with Crippen molar-refractivity contribution in [3.8, 4) is 0 Å². The number of fused-ring (bicyclic) bond motifs is 2. The Morgan fingerprint density at radius 1 is 1.32 bits per heavy atom. The van der Waals surface area contributed by atoms with Crippen LogP contribution in [0, 0.1) is 5.41 Å². The molecule has 3 aliphatic rings. The maximum absolute atomic E-state index is 9.74. The van der Waals surface area contributed by atoms with Crippen molar-refractivity contribution in [3.63, 3.8) is 0 Å². The molecule has 5 rings (SSSR count). The van der Waals surface area contributed by atoms with Gasteiger partial charge in [0.15, 0.2) is 5.82 Å². The molecule has 3 heterocycles. The van der Waals surface area contributed by atoms with Gasteiger partial charge in [0.25, 0.3) is 0 Å². The van der Waals surface area contributed by atoms with Gasteiger partial charge in [-0.25, -0.2) is 4.98 Å². The highest BCUT2D eigenvalue weighted by Crippen LogP contribution is 2.48. The lowest BCUT2D eigenvalue weighted by atomic mass is 9.83. The average molecular weight is 340 g/mol. The van der Waals surface area contributed by atoms with Crippen LogP contribution in [0.2, 0.25) is 0 Å². The van der Waals surface area contributed by atoms with Gasteiger partial charge in [0, 0.05) is 41.9 Å². The summed E-state index contributed by atoms with van der Waals surface area (Å²) in [6.45, 7) is 1.11. The van der Waals surface area contributed by atoms with Crippen LogP contribution in [0.15, 0.2) is 18.3 Å². The summed E-state index contributed by atoms with van der Waals surface area (Å²) in [5.41, 5.74) is 1.27. The molecule has 2 aliphatic carbocycles. The largest absolute Gasteiger partial charge is 0.396 e. The SMILES string of the molecule is OCC12CCC(C1)N(c1nccc(Nc3cc(C4CCC4)[nH]n3)n1)C2. The maximum atomic E-state index is 9.74. The molecule has 7 heteroatoms. The first-order valence-electron chi connectivity index (χ1n) is 9.28. The van der Waals surface area contributed by atoms with Gasteiger partial charge in [0.1, 0.15) is 5.82 Å². The van der Waals surface area contributed by atoms with Gasteiger partial charge in [-0.3, -0.25) is 5.10 Å². The molecule has 25 heavy (non-hydrogen) atoms. The Hall–Kier alpha value is -2.15. The number of nitrogens with one attached hydrogen (secondary N) is 2. The first kappa shape index (κ1) is 15.1. The summed E-state index contributed by atoms with van der Waals surface area (Å²) in [5, 5.41) is 20.5. The van der Waals surface area contributed by atoms with Crippen LogP contribution < -0.4 is 10.2 Å². The first-order chi connectivity index (χ1) is 12.2. The Labute approximate surface area is 146 Å². The summed E-state index contributed by atoms with van der Waals surface area (Å²) < 4.78 is 0. The van der Waals surface area contributed by atoms with E-state index in [2.05, 4.69) is 31.5 Å². The average Bonchev–Trinajstić information content (AvgIpc) is 3.29. The highest BCUT2D eigenvalue weighted by atomic mass is 16.3. The van der Waals surface area contributed by atoms with Crippen molar-refractivity contribution in [2.75, 3.05) is 23.4 Å². The molecule has 0 spiro atoms. The van der Waals surface area contributed by atoms with E-state index < -0.39 is 0 Å². The van der Waals surface area contributed by atoms with E-state index in [1.165, 1.54) is 25.0 Å². The zero-order valence-electron chi connectivity index (χ0n) is 14.3. The predicted octanol–water partition coefficient (Wildman–Crippen LogP) is 2.56. The third-order valence-electron chi connectivity index (χ3n) is 6.26. The number of piperidine rings is 1. The summed E-state index contributed by atoms with van der Waals surface area (Å²) in [5.74, 6) is 2.96. The molecule has 2 aromatic rings. The second-order valence-electron chi connectivity index (χ2n) is 7.89. The van der Waals surface area contributed by atoms with Crippen LogP contribution in [-0.2, 0) is 0 Å². The lowest BCUT2D eigenvalue weighted by Crippen LogP contribution is -2.37. The molecule has 2 saturated carbocycles. The van der Waals surface area contributed by atoms with Crippen molar-refractivity contribution >= 4 is 17.6 Å². The number of aromatic amines is 1. The van der Waals surface area contributed by atoms with E-state index >= 15 is 0 Å². The Morgan fingerprint density at radius 2 is 2.24 bits per heavy atom. The fourth-order valence-electron chi connectivity index (χ4n) is 4.52. The number of anilines is 3. The van der Waals surface area contributed by atoms with E-state index in [4.69, 9.17) is 4.98 Å². The van der Waals surface area contributed by atoms with E-state index in [1.54, 1.807) is 6.20 Å². The Balaban J connectivity index is 1.32. The number of hydrogen-bond donors (Lipinski definition) is 3. The van der Waals surface area contributed by atoms with E-state index in [0.29, 0.717) is 12.0 Å². The topological polar surface area (TPSA) is 90.0 Å². The number of aliphatic hydroxyl groups is 1. The third-order valence-corrected chi connectivity index (χ3v) is 6.26. The normalized spacial score (nSPS) is 28.4. The fraction of sp³-hybridized carbons (Fsp3) is 0.611. The van der Waals surface area contributed by atoms with Crippen molar-refractivity contribution in [2.24, 2.45) is 5.41 Å². The third kappa shape index (κ3) is 2.57. The van der Waals surface area contributed by atoms with Crippen molar-refractivity contribution in [3.05, 3.63) is 24.0 Å². The summed E-state index contributed by atoms with van der Waals surface area (Å²) >= 11 is 0. The van der Waals surface area contributed by atoms with Crippen LogP contribution in [-0.4, -0.2) is 44.5 Å². The molecular formula is C18H24N6O. The molecule has 0 aromatic carbocycles. The van der Waals surface area contributed by atoms with Crippen LogP contribution >= 0.6 is 0 Å². The maximum Gasteiger partial charge on any atom is 0.227 e. The molecule has 2 bridgehead atoms. The van der Waals surface area contributed by atoms with Crippen LogP contribution in [0.25, 0.3) is 0 Å². The van der Waals surface area contributed by atoms with E-state index in [-0.39, 0.29) is 12.0 Å². The van der Waals surface area contributed by atoms with Crippen molar-refractivity contribution in [1.29, 1.82) is 0 Å². The highest BCUT2D eigenvalue weighted by Gasteiger charge is 2.49. The fourth-order valence-corrected chi connectivity index (χ4v) is 4.52. The minimum atomic E-state index is 0.0529. The summed E-state index contributed by atoms with van der Waals surface area (Å²) in [4.78, 5) is 11.4. The number of hydrogen-bond acceptors (Lipinski definition) is 6. The number of nitrogens with zero attached hydrogens (tertiary/aromatic N) is 4. The van der Waals surface area contributed by atoms with Crippen LogP contribution in [0.3, 0.4) is 0 Å². The standard InChI is InChI=1S/C18H24N6O/c25-11-18-6-4-13(9-18)24(10-18)17-19-7-5-15(21-17)20-16-8-14(22-23-16)12-2-1-3-12/h5,7-8,12-13,25H,1-4,6,9-11H2,(H2,19,20,21,22,23). The predicted molar refractivity (Wildman–Crippen MR) is 95.0 cm³/mol. The monoisotopic (exact) mass is 340 g/mol. The van der Waals surface area contributed by atoms with Crippen molar-refractivity contribution in [1.82, 2.24) is 20.2 Å². The molecule has 0 amide bonds. The molecule has 2 atom stereocenters. The van der Waals surface area contributed by atoms with Crippen LogP contribution in [0.4, 0.5) is 17.6 Å². The van der Waals surface area contributed by atoms with Gasteiger partial charge < -0.3 is 15.3 Å². The van der Waals surface area contributed by atoms with E-state index in [0.717, 1.165) is 43.4 Å². The molecule has 3 fully saturated rings. The first-order valence-corrected chi connectivity index (χ1v) is 9.28. The lowest BCUT2D eigenvalue weighted by Gasteiger charge is -2.31. The number of rotatable bonds is 5.